The van der Waals surface area contributed by atoms with Crippen LogP contribution in [0.2, 0.25) is 0 Å². The van der Waals surface area contributed by atoms with E-state index in [4.69, 9.17) is 11.6 Å². The van der Waals surface area contributed by atoms with Crippen LogP contribution in [0, 0.1) is 0 Å². The minimum atomic E-state index is -3.34. The van der Waals surface area contributed by atoms with E-state index < -0.39 is 9.84 Å². The van der Waals surface area contributed by atoms with Crippen molar-refractivity contribution in [2.24, 2.45) is 0 Å². The molecule has 0 saturated carbocycles. The van der Waals surface area contributed by atoms with Gasteiger partial charge in [-0.15, -0.1) is 22.9 Å². The van der Waals surface area contributed by atoms with Crippen LogP contribution in [0.15, 0.2) is 34.7 Å². The third-order valence-corrected chi connectivity index (χ3v) is 5.25. The molecule has 0 atom stereocenters. The number of nitrogens with zero attached hydrogens (tertiary/aromatic N) is 3. The molecule has 0 aliphatic carbocycles. The van der Waals surface area contributed by atoms with E-state index in [2.05, 4.69) is 9.97 Å². The van der Waals surface area contributed by atoms with Gasteiger partial charge in [0.1, 0.15) is 16.3 Å². The van der Waals surface area contributed by atoms with Gasteiger partial charge in [0.15, 0.2) is 9.84 Å². The number of imidazole rings is 1. The predicted molar refractivity (Wildman–Crippen MR) is 83.6 cm³/mol. The summed E-state index contributed by atoms with van der Waals surface area (Å²) in [7, 11) is -3.34. The first-order chi connectivity index (χ1) is 10.0. The number of aromatic nitrogens is 3. The number of sulfone groups is 1. The molecule has 0 bridgehead atoms. The molecule has 0 aliphatic rings. The molecule has 0 amide bonds. The Morgan fingerprint density at radius 1 is 1.38 bits per heavy atom. The van der Waals surface area contributed by atoms with E-state index >= 15 is 0 Å². The van der Waals surface area contributed by atoms with E-state index in [0.29, 0.717) is 17.9 Å². The fourth-order valence-corrected chi connectivity index (χ4v) is 3.85. The highest BCUT2D eigenvalue weighted by Gasteiger charge is 2.18. The first-order valence-corrected chi connectivity index (χ1v) is 9.44. The molecule has 0 N–H and O–H groups in total. The first-order valence-electron chi connectivity index (χ1n) is 6.13. The molecule has 5 nitrogen and oxygen atoms in total. The van der Waals surface area contributed by atoms with Crippen LogP contribution in [0.25, 0.3) is 11.0 Å². The standard InChI is InChI=1S/C13H12ClN3O2S2/c1-21(18,19)10-4-2-3-9-13(10)16-11(7-14)17(9)8-12-15-5-6-20-12/h2-6H,7-8H2,1H3. The topological polar surface area (TPSA) is 64.8 Å². The summed E-state index contributed by atoms with van der Waals surface area (Å²) in [5.41, 5.74) is 1.22. The van der Waals surface area contributed by atoms with Crippen molar-refractivity contribution in [1.29, 1.82) is 0 Å². The van der Waals surface area contributed by atoms with Crippen LogP contribution in [0.4, 0.5) is 0 Å². The molecule has 21 heavy (non-hydrogen) atoms. The number of hydrogen-bond acceptors (Lipinski definition) is 5. The van der Waals surface area contributed by atoms with Gasteiger partial charge < -0.3 is 4.57 Å². The van der Waals surface area contributed by atoms with Crippen molar-refractivity contribution in [3.8, 4) is 0 Å². The molecule has 2 heterocycles. The Kier molecular flexibility index (Phi) is 3.73. The molecular formula is C13H12ClN3O2S2. The maximum atomic E-state index is 11.9. The van der Waals surface area contributed by atoms with Gasteiger partial charge >= 0.3 is 0 Å². The summed E-state index contributed by atoms with van der Waals surface area (Å²) in [5.74, 6) is 0.849. The second-order valence-electron chi connectivity index (χ2n) is 4.57. The molecule has 3 rings (SSSR count). The molecule has 2 aromatic heterocycles. The van der Waals surface area contributed by atoms with Crippen molar-refractivity contribution in [2.45, 2.75) is 17.3 Å². The molecule has 0 fully saturated rings. The van der Waals surface area contributed by atoms with Gasteiger partial charge in [-0.2, -0.15) is 0 Å². The third kappa shape index (κ3) is 2.68. The molecule has 0 saturated heterocycles. The lowest BCUT2D eigenvalue weighted by Gasteiger charge is -2.05. The van der Waals surface area contributed by atoms with Crippen molar-refractivity contribution in [3.05, 3.63) is 40.6 Å². The van der Waals surface area contributed by atoms with Gasteiger partial charge in [0.05, 0.1) is 22.8 Å². The number of thiazole rings is 1. The minimum absolute atomic E-state index is 0.212. The highest BCUT2D eigenvalue weighted by molar-refractivity contribution is 7.91. The summed E-state index contributed by atoms with van der Waals surface area (Å²) in [4.78, 5) is 8.89. The van der Waals surface area contributed by atoms with Crippen molar-refractivity contribution >= 4 is 43.8 Å². The van der Waals surface area contributed by atoms with E-state index in [0.717, 1.165) is 10.5 Å². The fourth-order valence-electron chi connectivity index (χ4n) is 2.21. The smallest absolute Gasteiger partial charge is 0.177 e. The summed E-state index contributed by atoms with van der Waals surface area (Å²) in [6.45, 7) is 0.531. The molecule has 0 aliphatic heterocycles. The molecule has 1 aromatic carbocycles. The quantitative estimate of drug-likeness (QED) is 0.684. The van der Waals surface area contributed by atoms with E-state index in [1.165, 1.54) is 17.6 Å². The average Bonchev–Trinajstić information content (AvgIpc) is 3.05. The summed E-state index contributed by atoms with van der Waals surface area (Å²) in [6.07, 6.45) is 2.92. The van der Waals surface area contributed by atoms with Crippen LogP contribution in [-0.2, 0) is 22.3 Å². The summed E-state index contributed by atoms with van der Waals surface area (Å²) in [5, 5.41) is 2.82. The van der Waals surface area contributed by atoms with E-state index in [-0.39, 0.29) is 10.8 Å². The Morgan fingerprint density at radius 3 is 2.81 bits per heavy atom. The number of benzene rings is 1. The molecule has 110 valence electrons. The van der Waals surface area contributed by atoms with Crippen LogP contribution in [-0.4, -0.2) is 29.2 Å². The van der Waals surface area contributed by atoms with Gasteiger partial charge in [-0.1, -0.05) is 6.07 Å². The number of para-hydroxylation sites is 1. The van der Waals surface area contributed by atoms with E-state index in [9.17, 15) is 8.42 Å². The zero-order valence-corrected chi connectivity index (χ0v) is 13.5. The molecule has 0 unspecified atom stereocenters. The Balaban J connectivity index is 2.24. The van der Waals surface area contributed by atoms with Gasteiger partial charge in [-0.05, 0) is 12.1 Å². The number of hydrogen-bond donors (Lipinski definition) is 0. The monoisotopic (exact) mass is 341 g/mol. The SMILES string of the molecule is CS(=O)(=O)c1cccc2c1nc(CCl)n2Cc1nccs1. The minimum Gasteiger partial charge on any atom is -0.320 e. The maximum absolute atomic E-state index is 11.9. The van der Waals surface area contributed by atoms with Crippen molar-refractivity contribution < 1.29 is 8.42 Å². The summed E-state index contributed by atoms with van der Waals surface area (Å²) < 4.78 is 25.7. The van der Waals surface area contributed by atoms with Crippen LogP contribution in [0.5, 0.6) is 0 Å². The van der Waals surface area contributed by atoms with Gasteiger partial charge in [0.2, 0.25) is 0 Å². The zero-order valence-electron chi connectivity index (χ0n) is 11.2. The van der Waals surface area contributed by atoms with Crippen LogP contribution >= 0.6 is 22.9 Å². The second kappa shape index (κ2) is 5.40. The van der Waals surface area contributed by atoms with Gasteiger partial charge in [-0.3, -0.25) is 0 Å². The van der Waals surface area contributed by atoms with Crippen molar-refractivity contribution in [3.63, 3.8) is 0 Å². The first kappa shape index (κ1) is 14.5. The molecule has 8 heteroatoms. The van der Waals surface area contributed by atoms with E-state index in [1.807, 2.05) is 16.0 Å². The van der Waals surface area contributed by atoms with Gasteiger partial charge in [0.25, 0.3) is 0 Å². The number of halogens is 1. The zero-order chi connectivity index (χ0) is 15.0. The highest BCUT2D eigenvalue weighted by Crippen LogP contribution is 2.25. The molecule has 3 aromatic rings. The lowest BCUT2D eigenvalue weighted by molar-refractivity contribution is 0.602. The largest absolute Gasteiger partial charge is 0.320 e. The van der Waals surface area contributed by atoms with Crippen LogP contribution in [0.1, 0.15) is 10.8 Å². The van der Waals surface area contributed by atoms with Crippen molar-refractivity contribution in [2.75, 3.05) is 6.26 Å². The number of rotatable bonds is 4. The number of alkyl halides is 1. The Bertz CT molecular complexity index is 886. The lowest BCUT2D eigenvalue weighted by Crippen LogP contribution is -2.03. The molecule has 0 radical (unpaired) electrons. The third-order valence-electron chi connectivity index (χ3n) is 3.12. The Labute approximate surface area is 131 Å². The number of fused-ring (bicyclic) bond motifs is 1. The maximum Gasteiger partial charge on any atom is 0.177 e. The van der Waals surface area contributed by atoms with Crippen LogP contribution in [0.3, 0.4) is 0 Å². The second-order valence-corrected chi connectivity index (χ2v) is 7.80. The normalized spacial score (nSPS) is 12.1. The van der Waals surface area contributed by atoms with E-state index in [1.54, 1.807) is 18.3 Å². The molecular weight excluding hydrogens is 330 g/mol. The van der Waals surface area contributed by atoms with Crippen molar-refractivity contribution in [1.82, 2.24) is 14.5 Å². The molecule has 0 spiro atoms. The Morgan fingerprint density at radius 2 is 2.19 bits per heavy atom. The fraction of sp³-hybridized carbons (Fsp3) is 0.231. The average molecular weight is 342 g/mol. The highest BCUT2D eigenvalue weighted by atomic mass is 35.5. The summed E-state index contributed by atoms with van der Waals surface area (Å²) >= 11 is 7.50. The van der Waals surface area contributed by atoms with Gasteiger partial charge in [-0.25, -0.2) is 18.4 Å². The lowest BCUT2D eigenvalue weighted by atomic mass is 10.3. The van der Waals surface area contributed by atoms with Gasteiger partial charge in [0, 0.05) is 17.8 Å². The Hall–Kier alpha value is -1.44. The summed E-state index contributed by atoms with van der Waals surface area (Å²) in [6, 6.07) is 5.13. The van der Waals surface area contributed by atoms with Crippen LogP contribution < -0.4 is 0 Å². The predicted octanol–water partition coefficient (Wildman–Crippen LogP) is 2.68.